The van der Waals surface area contributed by atoms with Gasteiger partial charge in [0.25, 0.3) is 0 Å². The number of carbonyl (C=O) groups is 2. The van der Waals surface area contributed by atoms with Crippen molar-refractivity contribution in [1.29, 1.82) is 10.5 Å². The quantitative estimate of drug-likeness (QED) is 0.429. The Balaban J connectivity index is 1.62. The zero-order chi connectivity index (χ0) is 27.9. The summed E-state index contributed by atoms with van der Waals surface area (Å²) in [5, 5.41) is 23.1. The van der Waals surface area contributed by atoms with E-state index in [1.807, 2.05) is 6.08 Å². The summed E-state index contributed by atoms with van der Waals surface area (Å²) in [6, 6.07) is 4.56. The van der Waals surface area contributed by atoms with E-state index in [0.717, 1.165) is 44.9 Å². The number of Topliss-reactive ketones (excluding diaryl/α,β-unsaturated/α-hetero) is 2. The maximum atomic E-state index is 14.5. The normalized spacial score (nSPS) is 49.3. The first kappa shape index (κ1) is 27.6. The van der Waals surface area contributed by atoms with Crippen LogP contribution in [0.4, 0.5) is 0 Å². The second-order valence-corrected chi connectivity index (χ2v) is 15.4. The molecule has 0 radical (unpaired) electrons. The largest absolute Gasteiger partial charge is 0.299 e. The second-order valence-electron chi connectivity index (χ2n) is 15.4. The minimum absolute atomic E-state index is 0.00439. The fraction of sp³-hybridized carbons (Fsp3) is 0.818. The Morgan fingerprint density at radius 2 is 1.63 bits per heavy atom. The molecule has 5 aliphatic carbocycles. The molecule has 5 rings (SSSR count). The molecule has 4 fully saturated rings. The van der Waals surface area contributed by atoms with Crippen LogP contribution in [-0.4, -0.2) is 23.7 Å². The first-order valence-electron chi connectivity index (χ1n) is 15.0. The highest BCUT2D eigenvalue weighted by molar-refractivity contribution is 6.04. The van der Waals surface area contributed by atoms with Crippen molar-refractivity contribution in [2.75, 3.05) is 6.54 Å². The number of rotatable bonds is 3. The standard InChI is InChI=1S/C33H47N3O2/c1-8-29(4)24-9-10-31(6)25(30(24,5)18-21(20-35)27(29)38)17-23(37)26-22-19-28(2,3)11-13-33(22,36-16-15-34)14-12-32(26,31)7/h18,22,24-26,36H,8-14,16-17,19H2,1-7H3/t22-,24-,25?,26-,29-,30-,31+,32+,33-/m0/s1. The lowest BCUT2D eigenvalue weighted by atomic mass is 9.32. The van der Waals surface area contributed by atoms with E-state index in [4.69, 9.17) is 0 Å². The van der Waals surface area contributed by atoms with Crippen molar-refractivity contribution in [1.82, 2.24) is 5.32 Å². The smallest absolute Gasteiger partial charge is 0.179 e. The molecule has 5 nitrogen and oxygen atoms in total. The summed E-state index contributed by atoms with van der Waals surface area (Å²) in [5.74, 6) is 0.837. The van der Waals surface area contributed by atoms with Crippen LogP contribution in [0.25, 0.3) is 0 Å². The topological polar surface area (TPSA) is 93.8 Å². The maximum Gasteiger partial charge on any atom is 0.179 e. The van der Waals surface area contributed by atoms with Gasteiger partial charge >= 0.3 is 0 Å². The zero-order valence-electron chi connectivity index (χ0n) is 24.7. The lowest BCUT2D eigenvalue weighted by molar-refractivity contribution is -0.216. The van der Waals surface area contributed by atoms with Gasteiger partial charge in [-0.1, -0.05) is 54.5 Å². The molecule has 0 amide bonds. The Labute approximate surface area is 229 Å². The first-order valence-corrected chi connectivity index (χ1v) is 15.0. The molecule has 5 heteroatoms. The minimum atomic E-state index is -0.562. The van der Waals surface area contributed by atoms with Gasteiger partial charge in [0.1, 0.15) is 11.9 Å². The molecule has 1 N–H and O–H groups in total. The molecule has 0 heterocycles. The summed E-state index contributed by atoms with van der Waals surface area (Å²) < 4.78 is 0. The molecular weight excluding hydrogens is 470 g/mol. The van der Waals surface area contributed by atoms with Crippen molar-refractivity contribution in [3.05, 3.63) is 11.6 Å². The predicted octanol–water partition coefficient (Wildman–Crippen LogP) is 6.54. The van der Waals surface area contributed by atoms with Crippen molar-refractivity contribution in [3.8, 4) is 12.1 Å². The van der Waals surface area contributed by atoms with E-state index in [0.29, 0.717) is 30.7 Å². The number of nitrogens with one attached hydrogen (secondary N) is 1. The first-order chi connectivity index (χ1) is 17.7. The molecule has 4 saturated carbocycles. The lowest BCUT2D eigenvalue weighted by Gasteiger charge is -2.72. The molecule has 0 spiro atoms. The van der Waals surface area contributed by atoms with Gasteiger partial charge in [0.2, 0.25) is 0 Å². The van der Waals surface area contributed by atoms with Crippen LogP contribution in [0.3, 0.4) is 0 Å². The number of nitriles is 2. The molecular formula is C33H47N3O2. The van der Waals surface area contributed by atoms with Crippen LogP contribution in [0.2, 0.25) is 0 Å². The molecule has 5 aliphatic rings. The highest BCUT2D eigenvalue weighted by Gasteiger charge is 2.72. The number of ketones is 2. The van der Waals surface area contributed by atoms with Gasteiger partial charge in [0.05, 0.1) is 18.2 Å². The average Bonchev–Trinajstić information content (AvgIpc) is 2.86. The van der Waals surface area contributed by atoms with Crippen molar-refractivity contribution in [3.63, 3.8) is 0 Å². The van der Waals surface area contributed by atoms with E-state index in [1.54, 1.807) is 0 Å². The molecule has 0 aromatic carbocycles. The third kappa shape index (κ3) is 3.36. The summed E-state index contributed by atoms with van der Waals surface area (Å²) in [7, 11) is 0. The fourth-order valence-electron chi connectivity index (χ4n) is 11.1. The Kier molecular flexibility index (Phi) is 6.18. The summed E-state index contributed by atoms with van der Waals surface area (Å²) in [6.07, 6.45) is 10.4. The van der Waals surface area contributed by atoms with Crippen LogP contribution in [0.5, 0.6) is 0 Å². The summed E-state index contributed by atoms with van der Waals surface area (Å²) in [4.78, 5) is 28.0. The zero-order valence-corrected chi connectivity index (χ0v) is 24.7. The van der Waals surface area contributed by atoms with Crippen molar-refractivity contribution in [2.45, 2.75) is 112 Å². The molecule has 206 valence electrons. The SMILES string of the molecule is CC[C@]1(C)C(=O)C(C#N)=C[C@]2(C)C3CC(=O)[C@@H]4[C@@H]5CC(C)(C)CC[C@]5(NCC#N)CC[C@@]4(C)[C@]3(C)CC[C@@H]12. The monoisotopic (exact) mass is 517 g/mol. The van der Waals surface area contributed by atoms with E-state index in [1.165, 1.54) is 0 Å². The molecule has 38 heavy (non-hydrogen) atoms. The van der Waals surface area contributed by atoms with Gasteiger partial charge < -0.3 is 0 Å². The number of hydrogen-bond acceptors (Lipinski definition) is 5. The molecule has 0 bridgehead atoms. The van der Waals surface area contributed by atoms with Crippen LogP contribution in [-0.2, 0) is 9.59 Å². The van der Waals surface area contributed by atoms with E-state index in [-0.39, 0.29) is 56.7 Å². The number of nitrogens with zero attached hydrogens (tertiary/aromatic N) is 2. The van der Waals surface area contributed by atoms with Crippen molar-refractivity contribution >= 4 is 11.6 Å². The van der Waals surface area contributed by atoms with Crippen LogP contribution < -0.4 is 5.32 Å². The molecule has 0 aromatic heterocycles. The third-order valence-corrected chi connectivity index (χ3v) is 13.6. The second kappa shape index (κ2) is 8.51. The van der Waals surface area contributed by atoms with Crippen LogP contribution in [0, 0.1) is 73.4 Å². The van der Waals surface area contributed by atoms with E-state index < -0.39 is 5.41 Å². The Hall–Kier alpha value is -1.98. The lowest BCUT2D eigenvalue weighted by Crippen LogP contribution is -2.71. The molecule has 0 aromatic rings. The van der Waals surface area contributed by atoms with Crippen molar-refractivity contribution < 1.29 is 9.59 Å². The van der Waals surface area contributed by atoms with E-state index >= 15 is 0 Å². The van der Waals surface area contributed by atoms with Gasteiger partial charge in [-0.3, -0.25) is 14.9 Å². The van der Waals surface area contributed by atoms with E-state index in [2.05, 4.69) is 65.9 Å². The summed E-state index contributed by atoms with van der Waals surface area (Å²) >= 11 is 0. The summed E-state index contributed by atoms with van der Waals surface area (Å²) in [6.45, 7) is 16.3. The third-order valence-electron chi connectivity index (χ3n) is 13.6. The number of carbonyl (C=O) groups excluding carboxylic acids is 2. The van der Waals surface area contributed by atoms with Gasteiger partial charge in [0, 0.05) is 23.3 Å². The summed E-state index contributed by atoms with van der Waals surface area (Å²) in [5.41, 5.74) is -0.796. The van der Waals surface area contributed by atoms with Gasteiger partial charge in [-0.2, -0.15) is 10.5 Å². The average molecular weight is 518 g/mol. The van der Waals surface area contributed by atoms with E-state index in [9.17, 15) is 20.1 Å². The Bertz CT molecular complexity index is 1170. The van der Waals surface area contributed by atoms with Crippen molar-refractivity contribution in [2.24, 2.45) is 50.7 Å². The highest BCUT2D eigenvalue weighted by Crippen LogP contribution is 2.75. The van der Waals surface area contributed by atoms with Crippen LogP contribution >= 0.6 is 0 Å². The predicted molar refractivity (Wildman–Crippen MR) is 147 cm³/mol. The number of fused-ring (bicyclic) bond motifs is 7. The highest BCUT2D eigenvalue weighted by atomic mass is 16.1. The molecule has 0 aliphatic heterocycles. The molecule has 9 atom stereocenters. The van der Waals surface area contributed by atoms with Gasteiger partial charge in [0.15, 0.2) is 5.78 Å². The Morgan fingerprint density at radius 3 is 2.26 bits per heavy atom. The minimum Gasteiger partial charge on any atom is -0.299 e. The van der Waals surface area contributed by atoms with Gasteiger partial charge in [-0.05, 0) is 90.8 Å². The van der Waals surface area contributed by atoms with Gasteiger partial charge in [-0.15, -0.1) is 0 Å². The van der Waals surface area contributed by atoms with Crippen LogP contribution in [0.1, 0.15) is 106 Å². The number of allylic oxidation sites excluding steroid dienone is 2. The Morgan fingerprint density at radius 1 is 0.947 bits per heavy atom. The van der Waals surface area contributed by atoms with Gasteiger partial charge in [-0.25, -0.2) is 0 Å². The molecule has 1 unspecified atom stereocenters. The maximum absolute atomic E-state index is 14.5. The fourth-order valence-corrected chi connectivity index (χ4v) is 11.1. The van der Waals surface area contributed by atoms with Crippen LogP contribution in [0.15, 0.2) is 11.6 Å². The number of hydrogen-bond donors (Lipinski definition) is 1. The molecule has 0 saturated heterocycles.